The van der Waals surface area contributed by atoms with Crippen molar-refractivity contribution in [1.29, 1.82) is 0 Å². The highest BCUT2D eigenvalue weighted by Gasteiger charge is 2.26. The molecule has 0 heterocycles. The fourth-order valence-electron chi connectivity index (χ4n) is 1.22. The molecule has 6 nitrogen and oxygen atoms in total. The number of aliphatic hydroxyl groups is 1. The second-order valence-electron chi connectivity index (χ2n) is 3.31. The van der Waals surface area contributed by atoms with Gasteiger partial charge < -0.3 is 9.84 Å². The average Bonchev–Trinajstić information content (AvgIpc) is 2.35. The maximum absolute atomic E-state index is 12.0. The summed E-state index contributed by atoms with van der Waals surface area (Å²) >= 11 is 3.10. The first-order chi connectivity index (χ1) is 8.42. The van der Waals surface area contributed by atoms with Crippen LogP contribution < -0.4 is 4.72 Å². The molecule has 2 N–H and O–H groups in total. The highest BCUT2D eigenvalue weighted by Crippen LogP contribution is 2.21. The van der Waals surface area contributed by atoms with Crippen molar-refractivity contribution in [3.05, 3.63) is 28.7 Å². The molecule has 8 heteroatoms. The highest BCUT2D eigenvalue weighted by atomic mass is 79.9. The van der Waals surface area contributed by atoms with Crippen molar-refractivity contribution in [3.63, 3.8) is 0 Å². The van der Waals surface area contributed by atoms with E-state index in [2.05, 4.69) is 25.4 Å². The molecule has 0 saturated heterocycles. The zero-order valence-electron chi connectivity index (χ0n) is 9.46. The van der Waals surface area contributed by atoms with Crippen LogP contribution in [0.25, 0.3) is 0 Å². The van der Waals surface area contributed by atoms with E-state index < -0.39 is 28.6 Å². The molecule has 1 aromatic carbocycles. The van der Waals surface area contributed by atoms with E-state index in [-0.39, 0.29) is 4.90 Å². The topological polar surface area (TPSA) is 92.7 Å². The van der Waals surface area contributed by atoms with Crippen LogP contribution in [0.5, 0.6) is 0 Å². The van der Waals surface area contributed by atoms with Gasteiger partial charge >= 0.3 is 5.97 Å². The third-order valence-corrected chi connectivity index (χ3v) is 4.58. The van der Waals surface area contributed by atoms with Crippen molar-refractivity contribution in [2.45, 2.75) is 10.9 Å². The summed E-state index contributed by atoms with van der Waals surface area (Å²) in [4.78, 5) is 11.2. The standard InChI is InChI=1S/C10H12BrNO5S/c1-17-10(14)8(6-13)12-18(15,16)9-5-3-2-4-7(9)11/h2-5,8,12-13H,6H2,1H3. The molecule has 1 unspecified atom stereocenters. The third kappa shape index (κ3) is 3.52. The molecule has 0 aromatic heterocycles. The Morgan fingerprint density at radius 3 is 2.61 bits per heavy atom. The number of carbonyl (C=O) groups is 1. The van der Waals surface area contributed by atoms with E-state index in [1.165, 1.54) is 6.07 Å². The number of hydrogen-bond donors (Lipinski definition) is 2. The second-order valence-corrected chi connectivity index (χ2v) is 5.85. The monoisotopic (exact) mass is 337 g/mol. The molecule has 0 saturated carbocycles. The van der Waals surface area contributed by atoms with Crippen LogP contribution in [0.4, 0.5) is 0 Å². The molecular weight excluding hydrogens is 326 g/mol. The van der Waals surface area contributed by atoms with Crippen molar-refractivity contribution in [2.75, 3.05) is 13.7 Å². The van der Waals surface area contributed by atoms with Gasteiger partial charge in [0.25, 0.3) is 0 Å². The molecule has 100 valence electrons. The number of benzene rings is 1. The molecule has 1 atom stereocenters. The Kier molecular flexibility index (Phi) is 5.27. The quantitative estimate of drug-likeness (QED) is 0.752. The summed E-state index contributed by atoms with van der Waals surface area (Å²) in [5, 5.41) is 8.97. The average molecular weight is 338 g/mol. The summed E-state index contributed by atoms with van der Waals surface area (Å²) in [6.45, 7) is -0.684. The smallest absolute Gasteiger partial charge is 0.326 e. The van der Waals surface area contributed by atoms with E-state index in [0.29, 0.717) is 4.47 Å². The van der Waals surface area contributed by atoms with Gasteiger partial charge in [-0.2, -0.15) is 4.72 Å². The molecule has 0 aliphatic rings. The first-order valence-electron chi connectivity index (χ1n) is 4.88. The maximum atomic E-state index is 12.0. The van der Waals surface area contributed by atoms with Gasteiger partial charge in [0, 0.05) is 4.47 Å². The Hall–Kier alpha value is -0.960. The zero-order valence-corrected chi connectivity index (χ0v) is 11.9. The lowest BCUT2D eigenvalue weighted by molar-refractivity contribution is -0.143. The molecule has 0 spiro atoms. The van der Waals surface area contributed by atoms with Gasteiger partial charge in [0.05, 0.1) is 18.6 Å². The minimum atomic E-state index is -3.92. The molecule has 0 aliphatic carbocycles. The molecule has 0 aliphatic heterocycles. The Balaban J connectivity index is 3.02. The molecule has 18 heavy (non-hydrogen) atoms. The number of nitrogens with one attached hydrogen (secondary N) is 1. The Bertz CT molecular complexity index is 531. The fourth-order valence-corrected chi connectivity index (χ4v) is 3.39. The summed E-state index contributed by atoms with van der Waals surface area (Å²) in [7, 11) is -2.81. The third-order valence-electron chi connectivity index (χ3n) is 2.09. The predicted octanol–water partition coefficient (Wildman–Crippen LogP) is 0.261. The molecule has 0 radical (unpaired) electrons. The summed E-state index contributed by atoms with van der Waals surface area (Å²) in [5.74, 6) is -0.854. The molecule has 1 rings (SSSR count). The first kappa shape index (κ1) is 15.1. The number of rotatable bonds is 5. The second kappa shape index (κ2) is 6.28. The van der Waals surface area contributed by atoms with E-state index in [4.69, 9.17) is 5.11 Å². The van der Waals surface area contributed by atoms with E-state index in [0.717, 1.165) is 7.11 Å². The lowest BCUT2D eigenvalue weighted by Crippen LogP contribution is -2.44. The molecule has 1 aromatic rings. The first-order valence-corrected chi connectivity index (χ1v) is 7.15. The van der Waals surface area contributed by atoms with Gasteiger partial charge in [-0.25, -0.2) is 8.42 Å². The van der Waals surface area contributed by atoms with Gasteiger partial charge in [-0.1, -0.05) is 12.1 Å². The predicted molar refractivity (Wildman–Crippen MR) is 67.4 cm³/mol. The Morgan fingerprint density at radius 1 is 1.50 bits per heavy atom. The number of aliphatic hydroxyl groups excluding tert-OH is 1. The van der Waals surface area contributed by atoms with Crippen molar-refractivity contribution < 1.29 is 23.1 Å². The minimum Gasteiger partial charge on any atom is -0.468 e. The number of esters is 1. The Labute approximate surface area is 113 Å². The number of sulfonamides is 1. The van der Waals surface area contributed by atoms with E-state index in [1.807, 2.05) is 0 Å². The highest BCUT2D eigenvalue weighted by molar-refractivity contribution is 9.10. The zero-order chi connectivity index (χ0) is 13.8. The van der Waals surface area contributed by atoms with Crippen LogP contribution in [0.2, 0.25) is 0 Å². The van der Waals surface area contributed by atoms with Gasteiger partial charge in [-0.3, -0.25) is 4.79 Å². The SMILES string of the molecule is COC(=O)C(CO)NS(=O)(=O)c1ccccc1Br. The van der Waals surface area contributed by atoms with Gasteiger partial charge in [0.15, 0.2) is 0 Å². The molecule has 0 fully saturated rings. The summed E-state index contributed by atoms with van der Waals surface area (Å²) in [6, 6.07) is 4.81. The van der Waals surface area contributed by atoms with Crippen LogP contribution in [0, 0.1) is 0 Å². The van der Waals surface area contributed by atoms with Crippen LogP contribution in [0.3, 0.4) is 0 Å². The largest absolute Gasteiger partial charge is 0.468 e. The van der Waals surface area contributed by atoms with Crippen LogP contribution in [-0.2, 0) is 19.6 Å². The minimum absolute atomic E-state index is 0.0210. The summed E-state index contributed by atoms with van der Waals surface area (Å²) < 4.78 is 30.8. The van der Waals surface area contributed by atoms with Crippen LogP contribution in [-0.4, -0.2) is 39.3 Å². The van der Waals surface area contributed by atoms with E-state index in [9.17, 15) is 13.2 Å². The van der Waals surface area contributed by atoms with Gasteiger partial charge in [0.2, 0.25) is 10.0 Å². The maximum Gasteiger partial charge on any atom is 0.326 e. The summed E-state index contributed by atoms with van der Waals surface area (Å²) in [5.41, 5.74) is 0. The van der Waals surface area contributed by atoms with Crippen LogP contribution >= 0.6 is 15.9 Å². The van der Waals surface area contributed by atoms with Crippen LogP contribution in [0.1, 0.15) is 0 Å². The molecule has 0 amide bonds. The number of carbonyl (C=O) groups excluding carboxylic acids is 1. The van der Waals surface area contributed by atoms with Gasteiger partial charge in [-0.15, -0.1) is 0 Å². The van der Waals surface area contributed by atoms with Crippen LogP contribution in [0.15, 0.2) is 33.6 Å². The van der Waals surface area contributed by atoms with Crippen molar-refractivity contribution in [1.82, 2.24) is 4.72 Å². The fraction of sp³-hybridized carbons (Fsp3) is 0.300. The van der Waals surface area contributed by atoms with Crippen molar-refractivity contribution in [2.24, 2.45) is 0 Å². The lowest BCUT2D eigenvalue weighted by atomic mass is 10.3. The number of methoxy groups -OCH3 is 1. The van der Waals surface area contributed by atoms with E-state index in [1.54, 1.807) is 18.2 Å². The molecular formula is C10H12BrNO5S. The number of ether oxygens (including phenoxy) is 1. The van der Waals surface area contributed by atoms with Crippen molar-refractivity contribution in [3.8, 4) is 0 Å². The number of hydrogen-bond acceptors (Lipinski definition) is 5. The number of halogens is 1. The normalized spacial score (nSPS) is 13.1. The van der Waals surface area contributed by atoms with Gasteiger partial charge in [0.1, 0.15) is 6.04 Å². The molecule has 0 bridgehead atoms. The Morgan fingerprint density at radius 2 is 2.11 bits per heavy atom. The summed E-state index contributed by atoms with van der Waals surface area (Å²) in [6.07, 6.45) is 0. The van der Waals surface area contributed by atoms with Gasteiger partial charge in [-0.05, 0) is 28.1 Å². The van der Waals surface area contributed by atoms with E-state index >= 15 is 0 Å². The van der Waals surface area contributed by atoms with Crippen molar-refractivity contribution >= 4 is 31.9 Å². The lowest BCUT2D eigenvalue weighted by Gasteiger charge is -2.14.